The van der Waals surface area contributed by atoms with E-state index in [-0.39, 0.29) is 17.3 Å². The van der Waals surface area contributed by atoms with Crippen LogP contribution in [-0.4, -0.2) is 23.5 Å². The summed E-state index contributed by atoms with van der Waals surface area (Å²) in [5.41, 5.74) is 1.50. The first-order chi connectivity index (χ1) is 11.6. The highest BCUT2D eigenvalue weighted by atomic mass is 35.5. The molecule has 3 aromatic rings. The molecule has 0 radical (unpaired) electrons. The summed E-state index contributed by atoms with van der Waals surface area (Å²) in [6.07, 6.45) is 0. The lowest BCUT2D eigenvalue weighted by Gasteiger charge is -2.08. The zero-order valence-corrected chi connectivity index (χ0v) is 13.3. The van der Waals surface area contributed by atoms with Crippen LogP contribution in [0.25, 0.3) is 10.9 Å². The van der Waals surface area contributed by atoms with Crippen LogP contribution in [-0.2, 0) is 9.53 Å². The third-order valence-electron chi connectivity index (χ3n) is 3.30. The standard InChI is InChI=1S/C18H13ClN2O3/c19-16-10-14(13-8-4-5-9-15(13)21-16)18(23)24-11-17(22)20-12-6-2-1-3-7-12/h1-10H,11H2,(H,20,22). The summed E-state index contributed by atoms with van der Waals surface area (Å²) in [5.74, 6) is -1.04. The van der Waals surface area contributed by atoms with Gasteiger partial charge in [-0.25, -0.2) is 9.78 Å². The van der Waals surface area contributed by atoms with E-state index >= 15 is 0 Å². The minimum atomic E-state index is -0.626. The highest BCUT2D eigenvalue weighted by Crippen LogP contribution is 2.21. The van der Waals surface area contributed by atoms with Crippen molar-refractivity contribution in [3.63, 3.8) is 0 Å². The Labute approximate surface area is 143 Å². The van der Waals surface area contributed by atoms with E-state index in [9.17, 15) is 9.59 Å². The molecular weight excluding hydrogens is 328 g/mol. The Morgan fingerprint density at radius 1 is 1.04 bits per heavy atom. The summed E-state index contributed by atoms with van der Waals surface area (Å²) in [7, 11) is 0. The van der Waals surface area contributed by atoms with E-state index in [1.165, 1.54) is 6.07 Å². The largest absolute Gasteiger partial charge is 0.452 e. The highest BCUT2D eigenvalue weighted by Gasteiger charge is 2.15. The number of esters is 1. The molecule has 0 fully saturated rings. The molecule has 0 unspecified atom stereocenters. The van der Waals surface area contributed by atoms with Crippen LogP contribution in [0.1, 0.15) is 10.4 Å². The monoisotopic (exact) mass is 340 g/mol. The third kappa shape index (κ3) is 3.70. The Morgan fingerprint density at radius 2 is 1.75 bits per heavy atom. The van der Waals surface area contributed by atoms with Crippen molar-refractivity contribution in [3.05, 3.63) is 71.4 Å². The summed E-state index contributed by atoms with van der Waals surface area (Å²) < 4.78 is 5.09. The maximum atomic E-state index is 12.3. The number of hydrogen-bond acceptors (Lipinski definition) is 4. The van der Waals surface area contributed by atoms with Gasteiger partial charge in [0.15, 0.2) is 6.61 Å². The number of ether oxygens (including phenoxy) is 1. The lowest BCUT2D eigenvalue weighted by molar-refractivity contribution is -0.119. The van der Waals surface area contributed by atoms with Gasteiger partial charge in [0.2, 0.25) is 0 Å². The van der Waals surface area contributed by atoms with E-state index < -0.39 is 11.9 Å². The van der Waals surface area contributed by atoms with Gasteiger partial charge in [0, 0.05) is 11.1 Å². The molecule has 0 spiro atoms. The fraction of sp³-hybridized carbons (Fsp3) is 0.0556. The molecule has 0 bridgehead atoms. The van der Waals surface area contributed by atoms with Gasteiger partial charge >= 0.3 is 5.97 Å². The Balaban J connectivity index is 1.70. The van der Waals surface area contributed by atoms with Gasteiger partial charge in [-0.3, -0.25) is 4.79 Å². The number of amides is 1. The van der Waals surface area contributed by atoms with Crippen molar-refractivity contribution in [1.82, 2.24) is 4.98 Å². The van der Waals surface area contributed by atoms with Crippen LogP contribution in [0.15, 0.2) is 60.7 Å². The first kappa shape index (κ1) is 16.0. The molecule has 0 aliphatic carbocycles. The number of carbonyl (C=O) groups excluding carboxylic acids is 2. The molecule has 2 aromatic carbocycles. The average Bonchev–Trinajstić information content (AvgIpc) is 2.59. The molecule has 5 nitrogen and oxygen atoms in total. The van der Waals surface area contributed by atoms with Gasteiger partial charge < -0.3 is 10.1 Å². The summed E-state index contributed by atoms with van der Waals surface area (Å²) in [6, 6.07) is 17.4. The van der Waals surface area contributed by atoms with E-state index in [1.54, 1.807) is 48.5 Å². The number of halogens is 1. The molecule has 1 aromatic heterocycles. The molecule has 1 amide bonds. The number of fused-ring (bicyclic) bond motifs is 1. The molecule has 0 aliphatic heterocycles. The highest BCUT2D eigenvalue weighted by molar-refractivity contribution is 6.30. The number of rotatable bonds is 4. The molecule has 1 heterocycles. The first-order valence-electron chi connectivity index (χ1n) is 7.21. The third-order valence-corrected chi connectivity index (χ3v) is 3.49. The van der Waals surface area contributed by atoms with Crippen LogP contribution < -0.4 is 5.32 Å². The number of nitrogens with zero attached hydrogens (tertiary/aromatic N) is 1. The quantitative estimate of drug-likeness (QED) is 0.581. The molecular formula is C18H13ClN2O3. The number of anilines is 1. The number of aromatic nitrogens is 1. The lowest BCUT2D eigenvalue weighted by Crippen LogP contribution is -2.21. The average molecular weight is 341 g/mol. The van der Waals surface area contributed by atoms with Crippen LogP contribution >= 0.6 is 11.6 Å². The second kappa shape index (κ2) is 7.10. The van der Waals surface area contributed by atoms with Crippen molar-refractivity contribution in [2.45, 2.75) is 0 Å². The van der Waals surface area contributed by atoms with Crippen LogP contribution in [0.2, 0.25) is 5.15 Å². The predicted molar refractivity (Wildman–Crippen MR) is 92.1 cm³/mol. The van der Waals surface area contributed by atoms with Crippen molar-refractivity contribution < 1.29 is 14.3 Å². The molecule has 3 rings (SSSR count). The van der Waals surface area contributed by atoms with E-state index in [0.29, 0.717) is 16.6 Å². The number of hydrogen-bond donors (Lipinski definition) is 1. The van der Waals surface area contributed by atoms with Gasteiger partial charge in [-0.05, 0) is 24.3 Å². The van der Waals surface area contributed by atoms with Crippen LogP contribution in [0, 0.1) is 0 Å². The second-order valence-electron chi connectivity index (χ2n) is 5.00. The van der Waals surface area contributed by atoms with Crippen LogP contribution in [0.4, 0.5) is 5.69 Å². The van der Waals surface area contributed by atoms with Crippen LogP contribution in [0.5, 0.6) is 0 Å². The number of carbonyl (C=O) groups is 2. The molecule has 0 saturated carbocycles. The summed E-state index contributed by atoms with van der Waals surface area (Å²) in [4.78, 5) is 28.3. The molecule has 0 atom stereocenters. The fourth-order valence-electron chi connectivity index (χ4n) is 2.24. The van der Waals surface area contributed by atoms with Crippen molar-refractivity contribution in [3.8, 4) is 0 Å². The number of nitrogens with one attached hydrogen (secondary N) is 1. The van der Waals surface area contributed by atoms with Crippen LogP contribution in [0.3, 0.4) is 0 Å². The lowest BCUT2D eigenvalue weighted by atomic mass is 10.1. The van der Waals surface area contributed by atoms with Crippen molar-refractivity contribution in [1.29, 1.82) is 0 Å². The molecule has 120 valence electrons. The van der Waals surface area contributed by atoms with E-state index in [1.807, 2.05) is 6.07 Å². The van der Waals surface area contributed by atoms with E-state index in [0.717, 1.165) is 0 Å². The van der Waals surface area contributed by atoms with Crippen molar-refractivity contribution >= 4 is 40.1 Å². The SMILES string of the molecule is O=C(COC(=O)c1cc(Cl)nc2ccccc12)Nc1ccccc1. The maximum Gasteiger partial charge on any atom is 0.339 e. The number of pyridine rings is 1. The Kier molecular flexibility index (Phi) is 4.72. The van der Waals surface area contributed by atoms with Gasteiger partial charge in [-0.15, -0.1) is 0 Å². The predicted octanol–water partition coefficient (Wildman–Crippen LogP) is 3.68. The molecule has 24 heavy (non-hydrogen) atoms. The topological polar surface area (TPSA) is 68.3 Å². The number of para-hydroxylation sites is 2. The Hall–Kier alpha value is -2.92. The summed E-state index contributed by atoms with van der Waals surface area (Å²) in [5, 5.41) is 3.45. The second-order valence-corrected chi connectivity index (χ2v) is 5.39. The zero-order valence-electron chi connectivity index (χ0n) is 12.5. The van der Waals surface area contributed by atoms with E-state index in [4.69, 9.17) is 16.3 Å². The number of benzene rings is 2. The first-order valence-corrected chi connectivity index (χ1v) is 7.58. The zero-order chi connectivity index (χ0) is 16.9. The summed E-state index contributed by atoms with van der Waals surface area (Å²) in [6.45, 7) is -0.387. The maximum absolute atomic E-state index is 12.3. The van der Waals surface area contributed by atoms with Gasteiger partial charge in [-0.2, -0.15) is 0 Å². The fourth-order valence-corrected chi connectivity index (χ4v) is 2.44. The Morgan fingerprint density at radius 3 is 2.54 bits per heavy atom. The van der Waals surface area contributed by atoms with Gasteiger partial charge in [-0.1, -0.05) is 48.0 Å². The van der Waals surface area contributed by atoms with Gasteiger partial charge in [0.1, 0.15) is 5.15 Å². The summed E-state index contributed by atoms with van der Waals surface area (Å²) >= 11 is 5.94. The van der Waals surface area contributed by atoms with Crippen molar-refractivity contribution in [2.75, 3.05) is 11.9 Å². The van der Waals surface area contributed by atoms with Crippen molar-refractivity contribution in [2.24, 2.45) is 0 Å². The van der Waals surface area contributed by atoms with Gasteiger partial charge in [0.05, 0.1) is 11.1 Å². The molecule has 6 heteroatoms. The molecule has 1 N–H and O–H groups in total. The van der Waals surface area contributed by atoms with Gasteiger partial charge in [0.25, 0.3) is 5.91 Å². The van der Waals surface area contributed by atoms with E-state index in [2.05, 4.69) is 10.3 Å². The smallest absolute Gasteiger partial charge is 0.339 e. The minimum absolute atomic E-state index is 0.189. The Bertz CT molecular complexity index is 897. The minimum Gasteiger partial charge on any atom is -0.452 e. The molecule has 0 aliphatic rings. The normalized spacial score (nSPS) is 10.4. The molecule has 0 saturated heterocycles.